The molecule has 0 bridgehead atoms. The zero-order chi connectivity index (χ0) is 9.26. The van der Waals surface area contributed by atoms with Gasteiger partial charge in [0.15, 0.2) is 0 Å². The Hall–Kier alpha value is -0.600. The summed E-state index contributed by atoms with van der Waals surface area (Å²) in [6.45, 7) is 11.9. The molecule has 0 aromatic rings. The fourth-order valence-corrected chi connectivity index (χ4v) is 2.09. The molecule has 0 radical (unpaired) electrons. The molecule has 0 amide bonds. The molecule has 2 nitrogen and oxygen atoms in total. The first kappa shape index (κ1) is 8.97. The molecule has 2 aliphatic rings. The average molecular weight is 178 g/mol. The Bertz CT molecular complexity index is 237. The van der Waals surface area contributed by atoms with E-state index >= 15 is 0 Å². The molecular formula is C11H18N2. The Morgan fingerprint density at radius 2 is 2.00 bits per heavy atom. The van der Waals surface area contributed by atoms with Gasteiger partial charge in [-0.1, -0.05) is 19.1 Å². The van der Waals surface area contributed by atoms with Crippen molar-refractivity contribution in [2.45, 2.75) is 13.3 Å². The van der Waals surface area contributed by atoms with Crippen LogP contribution in [0.25, 0.3) is 0 Å². The van der Waals surface area contributed by atoms with Gasteiger partial charge in [-0.25, -0.2) is 0 Å². The van der Waals surface area contributed by atoms with Crippen LogP contribution in [0.15, 0.2) is 23.3 Å². The summed E-state index contributed by atoms with van der Waals surface area (Å²) >= 11 is 0. The van der Waals surface area contributed by atoms with E-state index in [0.29, 0.717) is 0 Å². The van der Waals surface area contributed by atoms with E-state index in [1.54, 1.807) is 11.1 Å². The van der Waals surface area contributed by atoms with Crippen molar-refractivity contribution in [3.8, 4) is 0 Å². The van der Waals surface area contributed by atoms with E-state index in [4.69, 9.17) is 0 Å². The van der Waals surface area contributed by atoms with Crippen LogP contribution < -0.4 is 5.32 Å². The molecule has 0 aromatic heterocycles. The molecule has 0 saturated carbocycles. The minimum absolute atomic E-state index is 1.09. The number of hydrogen-bond acceptors (Lipinski definition) is 2. The van der Waals surface area contributed by atoms with Crippen molar-refractivity contribution in [3.63, 3.8) is 0 Å². The molecule has 0 unspecified atom stereocenters. The SMILES string of the molecule is C=C(CC)CN1CC2=C(CNC2)C1. The van der Waals surface area contributed by atoms with Gasteiger partial charge in [-0.2, -0.15) is 0 Å². The molecule has 0 fully saturated rings. The van der Waals surface area contributed by atoms with Gasteiger partial charge in [0.05, 0.1) is 0 Å². The van der Waals surface area contributed by atoms with Crippen LogP contribution in [0.5, 0.6) is 0 Å². The minimum Gasteiger partial charge on any atom is -0.309 e. The zero-order valence-corrected chi connectivity index (χ0v) is 8.40. The van der Waals surface area contributed by atoms with Gasteiger partial charge in [0, 0.05) is 32.7 Å². The maximum absolute atomic E-state index is 4.05. The molecule has 0 atom stereocenters. The fraction of sp³-hybridized carbons (Fsp3) is 0.636. The molecule has 1 N–H and O–H groups in total. The first-order valence-electron chi connectivity index (χ1n) is 5.09. The summed E-state index contributed by atoms with van der Waals surface area (Å²) in [5, 5.41) is 3.39. The first-order chi connectivity index (χ1) is 6.29. The summed E-state index contributed by atoms with van der Waals surface area (Å²) in [5.41, 5.74) is 4.61. The lowest BCUT2D eigenvalue weighted by atomic mass is 10.2. The Morgan fingerprint density at radius 1 is 1.38 bits per heavy atom. The van der Waals surface area contributed by atoms with Crippen molar-refractivity contribution in [1.82, 2.24) is 10.2 Å². The second-order valence-electron chi connectivity index (χ2n) is 4.06. The largest absolute Gasteiger partial charge is 0.309 e. The van der Waals surface area contributed by atoms with Gasteiger partial charge in [0.2, 0.25) is 0 Å². The van der Waals surface area contributed by atoms with E-state index in [1.807, 2.05) is 0 Å². The summed E-state index contributed by atoms with van der Waals surface area (Å²) in [5.74, 6) is 0. The third kappa shape index (κ3) is 1.84. The predicted molar refractivity (Wildman–Crippen MR) is 55.8 cm³/mol. The Kier molecular flexibility index (Phi) is 2.51. The highest BCUT2D eigenvalue weighted by molar-refractivity contribution is 5.30. The molecule has 2 heteroatoms. The van der Waals surface area contributed by atoms with Crippen LogP contribution in [0.3, 0.4) is 0 Å². The standard InChI is InChI=1S/C11H18N2/c1-3-9(2)6-13-7-10-4-12-5-11(10)8-13/h12H,2-8H2,1H3. The van der Waals surface area contributed by atoms with Gasteiger partial charge in [-0.05, 0) is 17.6 Å². The van der Waals surface area contributed by atoms with Crippen LogP contribution in [-0.4, -0.2) is 37.6 Å². The van der Waals surface area contributed by atoms with Crippen LogP contribution >= 0.6 is 0 Å². The van der Waals surface area contributed by atoms with Crippen LogP contribution in [0.1, 0.15) is 13.3 Å². The maximum Gasteiger partial charge on any atom is 0.0216 e. The smallest absolute Gasteiger partial charge is 0.0216 e. The second kappa shape index (κ2) is 3.64. The summed E-state index contributed by atoms with van der Waals surface area (Å²) in [6.07, 6.45) is 1.11. The molecule has 72 valence electrons. The average Bonchev–Trinajstić information content (AvgIpc) is 2.63. The quantitative estimate of drug-likeness (QED) is 0.653. The van der Waals surface area contributed by atoms with Gasteiger partial charge in [0.1, 0.15) is 0 Å². The van der Waals surface area contributed by atoms with Gasteiger partial charge in [0.25, 0.3) is 0 Å². The molecular weight excluding hydrogens is 160 g/mol. The third-order valence-corrected chi connectivity index (χ3v) is 2.95. The first-order valence-corrected chi connectivity index (χ1v) is 5.09. The summed E-state index contributed by atoms with van der Waals surface area (Å²) in [4.78, 5) is 2.50. The van der Waals surface area contributed by atoms with Crippen molar-refractivity contribution < 1.29 is 0 Å². The van der Waals surface area contributed by atoms with Gasteiger partial charge < -0.3 is 5.32 Å². The third-order valence-electron chi connectivity index (χ3n) is 2.95. The van der Waals surface area contributed by atoms with Crippen molar-refractivity contribution in [2.24, 2.45) is 0 Å². The fourth-order valence-electron chi connectivity index (χ4n) is 2.09. The Morgan fingerprint density at radius 3 is 2.54 bits per heavy atom. The Balaban J connectivity index is 1.85. The highest BCUT2D eigenvalue weighted by atomic mass is 15.2. The molecule has 13 heavy (non-hydrogen) atoms. The normalized spacial score (nSPS) is 22.5. The summed E-state index contributed by atoms with van der Waals surface area (Å²) < 4.78 is 0. The Labute approximate surface area is 80.3 Å². The molecule has 2 aliphatic heterocycles. The number of hydrogen-bond donors (Lipinski definition) is 1. The van der Waals surface area contributed by atoms with E-state index in [2.05, 4.69) is 23.7 Å². The van der Waals surface area contributed by atoms with Crippen LogP contribution in [0, 0.1) is 0 Å². The minimum atomic E-state index is 1.09. The van der Waals surface area contributed by atoms with E-state index in [0.717, 1.165) is 26.1 Å². The number of nitrogens with one attached hydrogen (secondary N) is 1. The van der Waals surface area contributed by atoms with E-state index in [1.165, 1.54) is 18.7 Å². The lowest BCUT2D eigenvalue weighted by molar-refractivity contribution is 0.364. The lowest BCUT2D eigenvalue weighted by Gasteiger charge is -2.18. The molecule has 0 aliphatic carbocycles. The molecule has 2 rings (SSSR count). The lowest BCUT2D eigenvalue weighted by Crippen LogP contribution is -2.28. The van der Waals surface area contributed by atoms with Crippen LogP contribution in [0.4, 0.5) is 0 Å². The van der Waals surface area contributed by atoms with E-state index in [9.17, 15) is 0 Å². The highest BCUT2D eigenvalue weighted by Gasteiger charge is 2.24. The molecule has 0 saturated heterocycles. The van der Waals surface area contributed by atoms with Crippen molar-refractivity contribution in [3.05, 3.63) is 23.3 Å². The van der Waals surface area contributed by atoms with E-state index < -0.39 is 0 Å². The number of rotatable bonds is 3. The zero-order valence-electron chi connectivity index (χ0n) is 8.40. The second-order valence-corrected chi connectivity index (χ2v) is 4.06. The van der Waals surface area contributed by atoms with E-state index in [-0.39, 0.29) is 0 Å². The highest BCUT2D eigenvalue weighted by Crippen LogP contribution is 2.21. The maximum atomic E-state index is 4.05. The topological polar surface area (TPSA) is 15.3 Å². The van der Waals surface area contributed by atoms with Crippen LogP contribution in [0.2, 0.25) is 0 Å². The van der Waals surface area contributed by atoms with Crippen molar-refractivity contribution >= 4 is 0 Å². The van der Waals surface area contributed by atoms with Gasteiger partial charge >= 0.3 is 0 Å². The predicted octanol–water partition coefficient (Wildman–Crippen LogP) is 1.17. The number of nitrogens with zero attached hydrogens (tertiary/aromatic N) is 1. The molecule has 2 heterocycles. The summed E-state index contributed by atoms with van der Waals surface area (Å²) in [6, 6.07) is 0. The van der Waals surface area contributed by atoms with Crippen molar-refractivity contribution in [2.75, 3.05) is 32.7 Å². The van der Waals surface area contributed by atoms with Crippen molar-refractivity contribution in [1.29, 1.82) is 0 Å². The molecule has 0 spiro atoms. The van der Waals surface area contributed by atoms with Gasteiger partial charge in [-0.3, -0.25) is 4.90 Å². The monoisotopic (exact) mass is 178 g/mol. The molecule has 0 aromatic carbocycles. The summed E-state index contributed by atoms with van der Waals surface area (Å²) in [7, 11) is 0. The van der Waals surface area contributed by atoms with Gasteiger partial charge in [-0.15, -0.1) is 0 Å². The van der Waals surface area contributed by atoms with Crippen LogP contribution in [-0.2, 0) is 0 Å².